The SMILES string of the molecule is CC(C)CONC(=O)c1cnn2ccncc12. The molecular weight excluding hydrogens is 220 g/mol. The minimum atomic E-state index is -0.311. The van der Waals surface area contributed by atoms with Gasteiger partial charge < -0.3 is 0 Å². The van der Waals surface area contributed by atoms with E-state index in [1.54, 1.807) is 23.1 Å². The number of nitrogens with one attached hydrogen (secondary N) is 1. The van der Waals surface area contributed by atoms with Gasteiger partial charge in [0.15, 0.2) is 0 Å². The van der Waals surface area contributed by atoms with Gasteiger partial charge in [0.05, 0.1) is 30.1 Å². The van der Waals surface area contributed by atoms with E-state index in [0.717, 1.165) is 0 Å². The van der Waals surface area contributed by atoms with Crippen LogP contribution in [0, 0.1) is 5.92 Å². The molecule has 0 bridgehead atoms. The Labute approximate surface area is 98.6 Å². The summed E-state index contributed by atoms with van der Waals surface area (Å²) in [5.74, 6) is 0.0505. The third-order valence-corrected chi connectivity index (χ3v) is 2.15. The Morgan fingerprint density at radius 1 is 1.53 bits per heavy atom. The molecule has 1 amide bonds. The zero-order chi connectivity index (χ0) is 12.3. The standard InChI is InChI=1S/C11H14N4O2/c1-8(2)7-17-14-11(16)9-5-13-15-4-3-12-6-10(9)15/h3-6,8H,7H2,1-2H3,(H,14,16). The normalized spacial score (nSPS) is 11.0. The summed E-state index contributed by atoms with van der Waals surface area (Å²) in [5.41, 5.74) is 3.49. The van der Waals surface area contributed by atoms with Crippen LogP contribution in [-0.2, 0) is 4.84 Å². The second-order valence-corrected chi connectivity index (χ2v) is 4.10. The zero-order valence-electron chi connectivity index (χ0n) is 9.75. The quantitative estimate of drug-likeness (QED) is 0.803. The van der Waals surface area contributed by atoms with Crippen molar-refractivity contribution in [3.05, 3.63) is 30.4 Å². The molecule has 2 rings (SSSR count). The summed E-state index contributed by atoms with van der Waals surface area (Å²) in [5, 5.41) is 4.04. The molecule has 0 atom stereocenters. The molecule has 0 aromatic carbocycles. The van der Waals surface area contributed by atoms with Crippen LogP contribution in [0.25, 0.3) is 5.52 Å². The molecule has 90 valence electrons. The van der Waals surface area contributed by atoms with Crippen LogP contribution in [0.5, 0.6) is 0 Å². The molecule has 0 aliphatic rings. The topological polar surface area (TPSA) is 68.5 Å². The van der Waals surface area contributed by atoms with Gasteiger partial charge in [0.25, 0.3) is 5.91 Å². The van der Waals surface area contributed by atoms with E-state index >= 15 is 0 Å². The largest absolute Gasteiger partial charge is 0.278 e. The van der Waals surface area contributed by atoms with Crippen LogP contribution in [0.15, 0.2) is 24.8 Å². The van der Waals surface area contributed by atoms with Gasteiger partial charge in [-0.15, -0.1) is 0 Å². The van der Waals surface area contributed by atoms with Crippen molar-refractivity contribution < 1.29 is 9.63 Å². The summed E-state index contributed by atoms with van der Waals surface area (Å²) in [6.45, 7) is 4.49. The molecule has 2 heterocycles. The molecule has 0 saturated heterocycles. The van der Waals surface area contributed by atoms with Crippen LogP contribution in [0.2, 0.25) is 0 Å². The van der Waals surface area contributed by atoms with Crippen molar-refractivity contribution in [2.24, 2.45) is 5.92 Å². The van der Waals surface area contributed by atoms with Gasteiger partial charge in [0, 0.05) is 12.4 Å². The number of fused-ring (bicyclic) bond motifs is 1. The molecule has 0 unspecified atom stereocenters. The van der Waals surface area contributed by atoms with Gasteiger partial charge in [-0.05, 0) is 5.92 Å². The molecule has 6 heteroatoms. The van der Waals surface area contributed by atoms with Crippen molar-refractivity contribution >= 4 is 11.4 Å². The number of nitrogens with zero attached hydrogens (tertiary/aromatic N) is 3. The van der Waals surface area contributed by atoms with Crippen LogP contribution in [0.3, 0.4) is 0 Å². The molecule has 2 aromatic rings. The number of carbonyl (C=O) groups is 1. The summed E-state index contributed by atoms with van der Waals surface area (Å²) < 4.78 is 1.59. The van der Waals surface area contributed by atoms with Crippen molar-refractivity contribution in [2.75, 3.05) is 6.61 Å². The highest BCUT2D eigenvalue weighted by Crippen LogP contribution is 2.08. The molecule has 2 aromatic heterocycles. The van der Waals surface area contributed by atoms with Crippen LogP contribution < -0.4 is 5.48 Å². The van der Waals surface area contributed by atoms with Crippen LogP contribution in [-0.4, -0.2) is 27.1 Å². The first-order valence-corrected chi connectivity index (χ1v) is 5.38. The van der Waals surface area contributed by atoms with E-state index in [0.29, 0.717) is 23.6 Å². The van der Waals surface area contributed by atoms with Crippen molar-refractivity contribution in [2.45, 2.75) is 13.8 Å². The Balaban J connectivity index is 2.09. The van der Waals surface area contributed by atoms with Crippen LogP contribution in [0.1, 0.15) is 24.2 Å². The summed E-state index contributed by atoms with van der Waals surface area (Å²) in [7, 11) is 0. The van der Waals surface area contributed by atoms with E-state index in [1.807, 2.05) is 13.8 Å². The molecule has 1 N–H and O–H groups in total. The number of hydroxylamine groups is 1. The van der Waals surface area contributed by atoms with Gasteiger partial charge in [-0.1, -0.05) is 13.8 Å². The van der Waals surface area contributed by atoms with Crippen molar-refractivity contribution in [1.29, 1.82) is 0 Å². The molecule has 0 aliphatic carbocycles. The maximum Gasteiger partial charge on any atom is 0.278 e. The molecule has 17 heavy (non-hydrogen) atoms. The summed E-state index contributed by atoms with van der Waals surface area (Å²) in [6, 6.07) is 0. The first-order valence-electron chi connectivity index (χ1n) is 5.38. The smallest absolute Gasteiger partial charge is 0.273 e. The monoisotopic (exact) mass is 234 g/mol. The number of carbonyl (C=O) groups excluding carboxylic acids is 1. The third kappa shape index (κ3) is 2.59. The fraction of sp³-hybridized carbons (Fsp3) is 0.364. The molecule has 6 nitrogen and oxygen atoms in total. The minimum absolute atomic E-state index is 0.311. The number of aromatic nitrogens is 3. The highest BCUT2D eigenvalue weighted by Gasteiger charge is 2.12. The lowest BCUT2D eigenvalue weighted by Gasteiger charge is -2.06. The lowest BCUT2D eigenvalue weighted by Crippen LogP contribution is -2.25. The van der Waals surface area contributed by atoms with Gasteiger partial charge in [0.2, 0.25) is 0 Å². The molecule has 0 saturated carbocycles. The molecule has 0 spiro atoms. The van der Waals surface area contributed by atoms with Gasteiger partial charge >= 0.3 is 0 Å². The number of amides is 1. The predicted octanol–water partition coefficient (Wildman–Crippen LogP) is 1.05. The number of rotatable bonds is 4. The van der Waals surface area contributed by atoms with E-state index in [2.05, 4.69) is 15.6 Å². The second-order valence-electron chi connectivity index (χ2n) is 4.10. The highest BCUT2D eigenvalue weighted by atomic mass is 16.6. The van der Waals surface area contributed by atoms with Crippen LogP contribution in [0.4, 0.5) is 0 Å². The van der Waals surface area contributed by atoms with E-state index in [1.165, 1.54) is 6.20 Å². The molecule has 0 radical (unpaired) electrons. The Bertz CT molecular complexity index is 521. The maximum atomic E-state index is 11.8. The van der Waals surface area contributed by atoms with Crippen molar-refractivity contribution in [1.82, 2.24) is 20.1 Å². The first-order chi connectivity index (χ1) is 8.18. The van der Waals surface area contributed by atoms with E-state index in [-0.39, 0.29) is 5.91 Å². The number of hydrogen-bond donors (Lipinski definition) is 1. The van der Waals surface area contributed by atoms with Crippen molar-refractivity contribution in [3.63, 3.8) is 0 Å². The fourth-order valence-electron chi connectivity index (χ4n) is 1.34. The van der Waals surface area contributed by atoms with E-state index in [4.69, 9.17) is 4.84 Å². The average molecular weight is 234 g/mol. The molecule has 0 fully saturated rings. The van der Waals surface area contributed by atoms with Gasteiger partial charge in [-0.3, -0.25) is 14.6 Å². The van der Waals surface area contributed by atoms with Crippen molar-refractivity contribution in [3.8, 4) is 0 Å². The lowest BCUT2D eigenvalue weighted by atomic mass is 10.2. The minimum Gasteiger partial charge on any atom is -0.273 e. The summed E-state index contributed by atoms with van der Waals surface area (Å²) >= 11 is 0. The van der Waals surface area contributed by atoms with Gasteiger partial charge in [-0.2, -0.15) is 5.10 Å². The predicted molar refractivity (Wildman–Crippen MR) is 61.2 cm³/mol. The Morgan fingerprint density at radius 2 is 2.35 bits per heavy atom. The van der Waals surface area contributed by atoms with Gasteiger partial charge in [0.1, 0.15) is 0 Å². The second kappa shape index (κ2) is 4.92. The number of hydrogen-bond acceptors (Lipinski definition) is 4. The Hall–Kier alpha value is -1.95. The average Bonchev–Trinajstić information content (AvgIpc) is 2.72. The maximum absolute atomic E-state index is 11.8. The zero-order valence-corrected chi connectivity index (χ0v) is 9.75. The molecule has 0 aliphatic heterocycles. The summed E-state index contributed by atoms with van der Waals surface area (Å²) in [6.07, 6.45) is 6.37. The highest BCUT2D eigenvalue weighted by molar-refractivity contribution is 5.99. The summed E-state index contributed by atoms with van der Waals surface area (Å²) in [4.78, 5) is 20.8. The molecular formula is C11H14N4O2. The van der Waals surface area contributed by atoms with E-state index in [9.17, 15) is 4.79 Å². The van der Waals surface area contributed by atoms with E-state index < -0.39 is 0 Å². The lowest BCUT2D eigenvalue weighted by molar-refractivity contribution is 0.0210. The Morgan fingerprint density at radius 3 is 3.12 bits per heavy atom. The van der Waals surface area contributed by atoms with Crippen LogP contribution >= 0.6 is 0 Å². The Kier molecular flexibility index (Phi) is 3.34. The fourth-order valence-corrected chi connectivity index (χ4v) is 1.34. The first kappa shape index (κ1) is 11.5. The van der Waals surface area contributed by atoms with Gasteiger partial charge in [-0.25, -0.2) is 10.00 Å². The third-order valence-electron chi connectivity index (χ3n) is 2.15.